The number of benzene rings is 1. The van der Waals surface area contributed by atoms with Crippen molar-refractivity contribution in [1.82, 2.24) is 20.4 Å². The van der Waals surface area contributed by atoms with Crippen LogP contribution in [0.3, 0.4) is 0 Å². The molecule has 1 aromatic carbocycles. The molecular formula is C18H27IN6O3. The lowest BCUT2D eigenvalue weighted by molar-refractivity contribution is -0.385. The van der Waals surface area contributed by atoms with Crippen LogP contribution >= 0.6 is 24.0 Å². The van der Waals surface area contributed by atoms with Gasteiger partial charge in [0.05, 0.1) is 24.7 Å². The molecule has 1 heterocycles. The van der Waals surface area contributed by atoms with Crippen molar-refractivity contribution in [1.29, 1.82) is 0 Å². The first kappa shape index (κ1) is 23.8. The molecule has 0 aliphatic rings. The minimum atomic E-state index is -0.460. The summed E-state index contributed by atoms with van der Waals surface area (Å²) in [6.07, 6.45) is 2.65. The fourth-order valence-electron chi connectivity index (χ4n) is 2.36. The monoisotopic (exact) mass is 502 g/mol. The molecule has 1 unspecified atom stereocenters. The average Bonchev–Trinajstić information content (AvgIpc) is 3.14. The van der Waals surface area contributed by atoms with E-state index < -0.39 is 4.92 Å². The van der Waals surface area contributed by atoms with Crippen molar-refractivity contribution < 1.29 is 9.66 Å². The van der Waals surface area contributed by atoms with E-state index in [-0.39, 0.29) is 29.7 Å². The first-order chi connectivity index (χ1) is 13.1. The summed E-state index contributed by atoms with van der Waals surface area (Å²) < 4.78 is 7.27. The molecule has 2 rings (SSSR count). The van der Waals surface area contributed by atoms with Crippen LogP contribution in [0, 0.1) is 16.0 Å². The molecule has 0 saturated heterocycles. The molecule has 0 amide bonds. The third kappa shape index (κ3) is 8.65. The minimum absolute atomic E-state index is 0. The van der Waals surface area contributed by atoms with Gasteiger partial charge in [-0.3, -0.25) is 19.8 Å². The van der Waals surface area contributed by atoms with Crippen molar-refractivity contribution in [3.63, 3.8) is 0 Å². The van der Waals surface area contributed by atoms with Crippen LogP contribution in [0.15, 0.2) is 47.7 Å². The van der Waals surface area contributed by atoms with E-state index in [4.69, 9.17) is 4.74 Å². The van der Waals surface area contributed by atoms with Crippen molar-refractivity contribution in [2.45, 2.75) is 20.1 Å². The summed E-state index contributed by atoms with van der Waals surface area (Å²) in [6, 6.07) is 10.1. The quantitative estimate of drug-likeness (QED) is 0.170. The lowest BCUT2D eigenvalue weighted by atomic mass is 10.2. The summed E-state index contributed by atoms with van der Waals surface area (Å²) in [4.78, 5) is 14.4. The number of halogens is 1. The third-order valence-electron chi connectivity index (χ3n) is 3.82. The highest BCUT2D eigenvalue weighted by molar-refractivity contribution is 14.0. The molecule has 154 valence electrons. The highest BCUT2D eigenvalue weighted by Gasteiger charge is 2.09. The molecule has 0 aliphatic heterocycles. The maximum absolute atomic E-state index is 10.6. The minimum Gasteiger partial charge on any atom is -0.376 e. The number of hydrogen-bond donors (Lipinski definition) is 2. The first-order valence-electron chi connectivity index (χ1n) is 8.81. The van der Waals surface area contributed by atoms with Gasteiger partial charge in [0, 0.05) is 20.1 Å². The van der Waals surface area contributed by atoms with Gasteiger partial charge in [-0.05, 0) is 11.5 Å². The number of ether oxygens (including phenoxy) is 1. The van der Waals surface area contributed by atoms with Crippen LogP contribution in [0.2, 0.25) is 0 Å². The Balaban J connectivity index is 0.00000392. The number of rotatable bonds is 10. The van der Waals surface area contributed by atoms with Crippen molar-refractivity contribution in [3.8, 4) is 0 Å². The van der Waals surface area contributed by atoms with E-state index >= 15 is 0 Å². The summed E-state index contributed by atoms with van der Waals surface area (Å²) in [7, 11) is 1.70. The summed E-state index contributed by atoms with van der Waals surface area (Å²) in [5.41, 5.74) is 1.15. The zero-order valence-electron chi connectivity index (χ0n) is 16.1. The van der Waals surface area contributed by atoms with Crippen LogP contribution in [0.1, 0.15) is 12.5 Å². The largest absolute Gasteiger partial charge is 0.376 e. The molecule has 0 radical (unpaired) electrons. The van der Waals surface area contributed by atoms with E-state index in [0.717, 1.165) is 12.1 Å². The number of aromatic nitrogens is 2. The maximum Gasteiger partial charge on any atom is 0.306 e. The van der Waals surface area contributed by atoms with Gasteiger partial charge in [-0.25, -0.2) is 0 Å². The van der Waals surface area contributed by atoms with Crippen molar-refractivity contribution >= 4 is 35.6 Å². The van der Waals surface area contributed by atoms with Gasteiger partial charge >= 0.3 is 5.69 Å². The van der Waals surface area contributed by atoms with E-state index in [1.54, 1.807) is 7.05 Å². The van der Waals surface area contributed by atoms with E-state index in [0.29, 0.717) is 38.2 Å². The van der Waals surface area contributed by atoms with Crippen molar-refractivity contribution in [3.05, 3.63) is 58.4 Å². The normalized spacial score (nSPS) is 12.1. The second-order valence-corrected chi connectivity index (χ2v) is 6.20. The summed E-state index contributed by atoms with van der Waals surface area (Å²) >= 11 is 0. The molecule has 0 spiro atoms. The van der Waals surface area contributed by atoms with Gasteiger partial charge in [0.15, 0.2) is 5.96 Å². The van der Waals surface area contributed by atoms with Crippen LogP contribution in [-0.2, 0) is 17.9 Å². The van der Waals surface area contributed by atoms with Crippen LogP contribution in [0.25, 0.3) is 0 Å². The highest BCUT2D eigenvalue weighted by atomic mass is 127. The van der Waals surface area contributed by atoms with Gasteiger partial charge in [0.1, 0.15) is 12.4 Å². The molecule has 1 aromatic heterocycles. The van der Waals surface area contributed by atoms with Gasteiger partial charge in [0.2, 0.25) is 0 Å². The smallest absolute Gasteiger partial charge is 0.306 e. The number of nitrogens with one attached hydrogen (secondary N) is 2. The Morgan fingerprint density at radius 2 is 2.11 bits per heavy atom. The Bertz CT molecular complexity index is 738. The SMILES string of the molecule is CN=C(NCCn1cc([N+](=O)[O-])cn1)NCC(C)COCc1ccccc1.I. The second-order valence-electron chi connectivity index (χ2n) is 6.20. The van der Waals surface area contributed by atoms with Crippen molar-refractivity contribution in [2.24, 2.45) is 10.9 Å². The number of aliphatic imine (C=N–C) groups is 1. The predicted octanol–water partition coefficient (Wildman–Crippen LogP) is 2.43. The van der Waals surface area contributed by atoms with Gasteiger partial charge in [-0.1, -0.05) is 37.3 Å². The highest BCUT2D eigenvalue weighted by Crippen LogP contribution is 2.07. The van der Waals surface area contributed by atoms with Crippen molar-refractivity contribution in [2.75, 3.05) is 26.7 Å². The van der Waals surface area contributed by atoms with E-state index in [1.165, 1.54) is 17.1 Å². The third-order valence-corrected chi connectivity index (χ3v) is 3.82. The standard InChI is InChI=1S/C18H26N6O3.HI/c1-15(13-27-14-16-6-4-3-5-7-16)10-21-18(19-2)20-8-9-23-12-17(11-22-23)24(25)26;/h3-7,11-12,15H,8-10,13-14H2,1-2H3,(H2,19,20,21);1H. The number of nitro groups is 1. The van der Waals surface area contributed by atoms with Crippen LogP contribution < -0.4 is 10.6 Å². The Morgan fingerprint density at radius 1 is 1.36 bits per heavy atom. The summed E-state index contributed by atoms with van der Waals surface area (Å²) in [5.74, 6) is 0.993. The Morgan fingerprint density at radius 3 is 2.75 bits per heavy atom. The lowest BCUT2D eigenvalue weighted by Crippen LogP contribution is -2.41. The van der Waals surface area contributed by atoms with Gasteiger partial charge in [-0.2, -0.15) is 5.10 Å². The molecule has 2 aromatic rings. The van der Waals surface area contributed by atoms with Crippen LogP contribution in [0.5, 0.6) is 0 Å². The summed E-state index contributed by atoms with van der Waals surface area (Å²) in [6.45, 7) is 5.14. The molecule has 0 bridgehead atoms. The molecular weight excluding hydrogens is 475 g/mol. The second kappa shape index (κ2) is 13.0. The molecule has 2 N–H and O–H groups in total. The van der Waals surface area contributed by atoms with Crippen LogP contribution in [-0.4, -0.2) is 47.4 Å². The molecule has 0 saturated carbocycles. The fourth-order valence-corrected chi connectivity index (χ4v) is 2.36. The molecule has 1 atom stereocenters. The zero-order chi connectivity index (χ0) is 19.5. The summed E-state index contributed by atoms with van der Waals surface area (Å²) in [5, 5.41) is 21.0. The Kier molecular flexibility index (Phi) is 11.1. The Hall–Kier alpha value is -2.21. The average molecular weight is 502 g/mol. The zero-order valence-corrected chi connectivity index (χ0v) is 18.4. The molecule has 28 heavy (non-hydrogen) atoms. The lowest BCUT2D eigenvalue weighted by Gasteiger charge is -2.16. The van der Waals surface area contributed by atoms with E-state index in [9.17, 15) is 10.1 Å². The Labute approximate surface area is 181 Å². The van der Waals surface area contributed by atoms with Gasteiger partial charge in [-0.15, -0.1) is 24.0 Å². The maximum atomic E-state index is 10.6. The molecule has 10 heteroatoms. The number of guanidine groups is 1. The molecule has 9 nitrogen and oxygen atoms in total. The van der Waals surface area contributed by atoms with E-state index in [1.807, 2.05) is 30.3 Å². The fraction of sp³-hybridized carbons (Fsp3) is 0.444. The van der Waals surface area contributed by atoms with Gasteiger partial charge < -0.3 is 15.4 Å². The molecule has 0 aliphatic carbocycles. The number of hydrogen-bond acceptors (Lipinski definition) is 5. The van der Waals surface area contributed by atoms with Crippen LogP contribution in [0.4, 0.5) is 5.69 Å². The predicted molar refractivity (Wildman–Crippen MR) is 119 cm³/mol. The van der Waals surface area contributed by atoms with Gasteiger partial charge in [0.25, 0.3) is 0 Å². The topological polar surface area (TPSA) is 107 Å². The first-order valence-corrected chi connectivity index (χ1v) is 8.81. The van der Waals surface area contributed by atoms with E-state index in [2.05, 4.69) is 27.6 Å². The molecule has 0 fully saturated rings. The number of nitrogens with zero attached hydrogens (tertiary/aromatic N) is 4.